The minimum Gasteiger partial charge on any atom is -0.393 e. The van der Waals surface area contributed by atoms with Crippen molar-refractivity contribution in [2.24, 2.45) is 11.8 Å². The van der Waals surface area contributed by atoms with Crippen LogP contribution in [0.25, 0.3) is 0 Å². The molecule has 0 amide bonds. The molecule has 0 heterocycles. The monoisotopic (exact) mass is 112 g/mol. The van der Waals surface area contributed by atoms with Crippen LogP contribution < -0.4 is 0 Å². The highest BCUT2D eigenvalue weighted by molar-refractivity contribution is 4.89. The fourth-order valence-corrected chi connectivity index (χ4v) is 2.21. The highest BCUT2D eigenvalue weighted by Gasteiger charge is 2.38. The van der Waals surface area contributed by atoms with Gasteiger partial charge in [0.15, 0.2) is 0 Å². The van der Waals surface area contributed by atoms with E-state index in [1.54, 1.807) is 0 Å². The number of hydrogen-bond acceptors (Lipinski definition) is 1. The summed E-state index contributed by atoms with van der Waals surface area (Å²) in [7, 11) is 0. The van der Waals surface area contributed by atoms with Crippen molar-refractivity contribution in [3.63, 3.8) is 0 Å². The first-order valence-corrected chi connectivity index (χ1v) is 3.54. The van der Waals surface area contributed by atoms with Crippen molar-refractivity contribution in [1.82, 2.24) is 0 Å². The summed E-state index contributed by atoms with van der Waals surface area (Å²) in [5.41, 5.74) is 0. The van der Waals surface area contributed by atoms with E-state index < -0.39 is 0 Å². The van der Waals surface area contributed by atoms with Crippen molar-refractivity contribution >= 4 is 0 Å². The molecule has 1 nitrogen and oxygen atoms in total. The quantitative estimate of drug-likeness (QED) is 0.498. The average Bonchev–Trinajstić information content (AvgIpc) is 2.23. The molecule has 0 radical (unpaired) electrons. The average molecular weight is 112 g/mol. The molecule has 3 atom stereocenters. The van der Waals surface area contributed by atoms with Crippen LogP contribution >= 0.6 is 0 Å². The Morgan fingerprint density at radius 3 is 2.25 bits per heavy atom. The Hall–Kier alpha value is -0.0400. The Morgan fingerprint density at radius 1 is 1.12 bits per heavy atom. The lowest BCUT2D eigenvalue weighted by Gasteiger charge is -2.14. The first-order valence-electron chi connectivity index (χ1n) is 3.54. The molecule has 1 N–H and O–H groups in total. The Balaban J connectivity index is 2.11. The summed E-state index contributed by atoms with van der Waals surface area (Å²) >= 11 is 0. The van der Waals surface area contributed by atoms with E-state index in [0.717, 1.165) is 12.3 Å². The van der Waals surface area contributed by atoms with Crippen LogP contribution in [0.15, 0.2) is 0 Å². The molecule has 1 unspecified atom stereocenters. The third kappa shape index (κ3) is 0.510. The second-order valence-corrected chi connectivity index (χ2v) is 3.24. The predicted molar refractivity (Wildman–Crippen MR) is 31.5 cm³/mol. The number of aliphatic hydroxyl groups excluding tert-OH is 1. The fourth-order valence-electron chi connectivity index (χ4n) is 2.21. The zero-order valence-corrected chi connectivity index (χ0v) is 5.01. The summed E-state index contributed by atoms with van der Waals surface area (Å²) in [5, 5.41) is 9.22. The summed E-state index contributed by atoms with van der Waals surface area (Å²) < 4.78 is 0. The van der Waals surface area contributed by atoms with Crippen LogP contribution in [-0.4, -0.2) is 11.2 Å². The number of rotatable bonds is 0. The second-order valence-electron chi connectivity index (χ2n) is 3.24. The van der Waals surface area contributed by atoms with Gasteiger partial charge in [0.05, 0.1) is 6.10 Å². The van der Waals surface area contributed by atoms with Crippen LogP contribution in [0.1, 0.15) is 25.7 Å². The van der Waals surface area contributed by atoms with Gasteiger partial charge in [0.25, 0.3) is 0 Å². The van der Waals surface area contributed by atoms with Gasteiger partial charge in [0.2, 0.25) is 0 Å². The zero-order valence-electron chi connectivity index (χ0n) is 5.01. The molecule has 0 aromatic heterocycles. The maximum atomic E-state index is 9.22. The molecule has 0 aliphatic heterocycles. The standard InChI is InChI=1S/C7H12O/c8-7-4-5-1-2-6(7)3-5/h5-8H,1-4H2/t5-,6+,7?/m1/s1. The molecule has 0 aromatic carbocycles. The molecular weight excluding hydrogens is 100 g/mol. The smallest absolute Gasteiger partial charge is 0.0571 e. The SMILES string of the molecule is OC1C[C@@H]2CC[C@H]1C2. The molecule has 2 saturated carbocycles. The lowest BCUT2D eigenvalue weighted by molar-refractivity contribution is 0.113. The minimum absolute atomic E-state index is 0.0775. The molecule has 46 valence electrons. The van der Waals surface area contributed by atoms with Gasteiger partial charge in [-0.1, -0.05) is 0 Å². The van der Waals surface area contributed by atoms with Crippen molar-refractivity contribution in [2.75, 3.05) is 0 Å². The maximum absolute atomic E-state index is 9.22. The van der Waals surface area contributed by atoms with Crippen molar-refractivity contribution in [3.8, 4) is 0 Å². The maximum Gasteiger partial charge on any atom is 0.0571 e. The Bertz CT molecular complexity index is 98.6. The van der Waals surface area contributed by atoms with Gasteiger partial charge in [-0.15, -0.1) is 0 Å². The van der Waals surface area contributed by atoms with Crippen LogP contribution in [0.4, 0.5) is 0 Å². The van der Waals surface area contributed by atoms with Gasteiger partial charge >= 0.3 is 0 Å². The molecule has 1 heteroatoms. The van der Waals surface area contributed by atoms with E-state index in [1.807, 2.05) is 0 Å². The molecule has 0 saturated heterocycles. The zero-order chi connectivity index (χ0) is 5.56. The number of aliphatic hydroxyl groups is 1. The van der Waals surface area contributed by atoms with E-state index in [9.17, 15) is 5.11 Å². The Morgan fingerprint density at radius 2 is 2.00 bits per heavy atom. The van der Waals surface area contributed by atoms with Gasteiger partial charge in [-0.25, -0.2) is 0 Å². The van der Waals surface area contributed by atoms with Crippen molar-refractivity contribution < 1.29 is 5.11 Å². The van der Waals surface area contributed by atoms with Gasteiger partial charge in [0.1, 0.15) is 0 Å². The molecular formula is C7H12O. The Kier molecular flexibility index (Phi) is 0.884. The third-order valence-electron chi connectivity index (χ3n) is 2.70. The normalized spacial score (nSPS) is 52.9. The lowest BCUT2D eigenvalue weighted by Crippen LogP contribution is -2.14. The summed E-state index contributed by atoms with van der Waals surface area (Å²) in [6.45, 7) is 0. The lowest BCUT2D eigenvalue weighted by atomic mass is 9.98. The molecule has 0 spiro atoms. The largest absolute Gasteiger partial charge is 0.393 e. The summed E-state index contributed by atoms with van der Waals surface area (Å²) in [6.07, 6.45) is 5.19. The fraction of sp³-hybridized carbons (Fsp3) is 1.00. The number of hydrogen-bond donors (Lipinski definition) is 1. The van der Waals surface area contributed by atoms with Gasteiger partial charge < -0.3 is 5.11 Å². The van der Waals surface area contributed by atoms with Crippen LogP contribution in [-0.2, 0) is 0 Å². The highest BCUT2D eigenvalue weighted by atomic mass is 16.3. The van der Waals surface area contributed by atoms with Crippen LogP contribution in [0.5, 0.6) is 0 Å². The molecule has 8 heavy (non-hydrogen) atoms. The summed E-state index contributed by atoms with van der Waals surface area (Å²) in [6, 6.07) is 0. The molecule has 2 bridgehead atoms. The number of fused-ring (bicyclic) bond motifs is 2. The first kappa shape index (κ1) is 4.80. The van der Waals surface area contributed by atoms with Crippen LogP contribution in [0.2, 0.25) is 0 Å². The van der Waals surface area contributed by atoms with Crippen LogP contribution in [0, 0.1) is 11.8 Å². The molecule has 2 fully saturated rings. The molecule has 2 aliphatic carbocycles. The topological polar surface area (TPSA) is 20.2 Å². The van der Waals surface area contributed by atoms with Gasteiger partial charge in [-0.2, -0.15) is 0 Å². The molecule has 2 aliphatic rings. The van der Waals surface area contributed by atoms with E-state index >= 15 is 0 Å². The van der Waals surface area contributed by atoms with Crippen molar-refractivity contribution in [3.05, 3.63) is 0 Å². The third-order valence-corrected chi connectivity index (χ3v) is 2.70. The van der Waals surface area contributed by atoms with Gasteiger partial charge in [-0.3, -0.25) is 0 Å². The first-order chi connectivity index (χ1) is 3.86. The predicted octanol–water partition coefficient (Wildman–Crippen LogP) is 1.17. The van der Waals surface area contributed by atoms with Crippen molar-refractivity contribution in [1.29, 1.82) is 0 Å². The van der Waals surface area contributed by atoms with Crippen LogP contribution in [0.3, 0.4) is 0 Å². The summed E-state index contributed by atoms with van der Waals surface area (Å²) in [5.74, 6) is 1.59. The minimum atomic E-state index is 0.0775. The Labute approximate surface area is 49.7 Å². The van der Waals surface area contributed by atoms with E-state index in [2.05, 4.69) is 0 Å². The summed E-state index contributed by atoms with van der Waals surface area (Å²) in [4.78, 5) is 0. The van der Waals surface area contributed by atoms with E-state index in [0.29, 0.717) is 5.92 Å². The molecule has 2 rings (SSSR count). The van der Waals surface area contributed by atoms with E-state index in [-0.39, 0.29) is 6.10 Å². The van der Waals surface area contributed by atoms with E-state index in [1.165, 1.54) is 19.3 Å². The van der Waals surface area contributed by atoms with Gasteiger partial charge in [0, 0.05) is 0 Å². The second kappa shape index (κ2) is 1.47. The van der Waals surface area contributed by atoms with Gasteiger partial charge in [-0.05, 0) is 37.5 Å². The van der Waals surface area contributed by atoms with Crippen molar-refractivity contribution in [2.45, 2.75) is 31.8 Å². The highest BCUT2D eigenvalue weighted by Crippen LogP contribution is 2.44. The molecule has 0 aromatic rings. The van der Waals surface area contributed by atoms with E-state index in [4.69, 9.17) is 0 Å².